The number of allylic oxidation sites excluding steroid dienone is 2. The van der Waals surface area contributed by atoms with Crippen molar-refractivity contribution in [2.45, 2.75) is 12.1 Å². The Morgan fingerprint density at radius 3 is 2.73 bits per heavy atom. The summed E-state index contributed by atoms with van der Waals surface area (Å²) in [5, 5.41) is 20.3. The molecule has 3 N–H and O–H groups in total. The van der Waals surface area contributed by atoms with Crippen LogP contribution in [0.1, 0.15) is 6.42 Å². The molecular weight excluding hydrogens is 146 g/mol. The predicted molar refractivity (Wildman–Crippen MR) is 38.6 cm³/mol. The Labute approximate surface area is 63.8 Å². The fourth-order valence-corrected chi connectivity index (χ4v) is 0.851. The second-order valence-electron chi connectivity index (χ2n) is 2.36. The first kappa shape index (κ1) is 7.81. The highest BCUT2D eigenvalue weighted by Crippen LogP contribution is 2.11. The summed E-state index contributed by atoms with van der Waals surface area (Å²) in [6.07, 6.45) is 5.84. The van der Waals surface area contributed by atoms with Crippen LogP contribution < -0.4 is 5.32 Å². The van der Waals surface area contributed by atoms with Gasteiger partial charge in [0.2, 0.25) is 0 Å². The minimum atomic E-state index is -1.42. The molecule has 4 nitrogen and oxygen atoms in total. The van der Waals surface area contributed by atoms with Crippen molar-refractivity contribution in [3.63, 3.8) is 0 Å². The van der Waals surface area contributed by atoms with Gasteiger partial charge in [-0.1, -0.05) is 6.08 Å². The van der Waals surface area contributed by atoms with Gasteiger partial charge in [-0.2, -0.15) is 0 Å². The number of hydrogen-bond acceptors (Lipinski definition) is 3. The number of dihydropyridines is 1. The van der Waals surface area contributed by atoms with Crippen molar-refractivity contribution < 1.29 is 15.0 Å². The maximum absolute atomic E-state index is 10.2. The van der Waals surface area contributed by atoms with Gasteiger partial charge in [0.25, 0.3) is 0 Å². The van der Waals surface area contributed by atoms with Crippen LogP contribution in [-0.2, 0) is 4.79 Å². The van der Waals surface area contributed by atoms with Crippen LogP contribution in [0, 0.1) is 0 Å². The van der Waals surface area contributed by atoms with Crippen LogP contribution in [0.5, 0.6) is 0 Å². The first-order valence-electron chi connectivity index (χ1n) is 3.19. The molecule has 1 atom stereocenters. The van der Waals surface area contributed by atoms with Crippen molar-refractivity contribution in [2.24, 2.45) is 0 Å². The molecular formula is C7H9NO3. The number of aliphatic carboxylic acids is 1. The molecule has 0 fully saturated rings. The Morgan fingerprint density at radius 2 is 2.27 bits per heavy atom. The van der Waals surface area contributed by atoms with Crippen LogP contribution in [0.2, 0.25) is 0 Å². The fraction of sp³-hybridized carbons (Fsp3) is 0.286. The van der Waals surface area contributed by atoms with E-state index < -0.39 is 11.7 Å². The SMILES string of the molecule is O=C(O)CC1(O)C=CC=CN1. The minimum Gasteiger partial charge on any atom is -0.481 e. The largest absolute Gasteiger partial charge is 0.481 e. The summed E-state index contributed by atoms with van der Waals surface area (Å²) in [4.78, 5) is 10.2. The molecule has 4 heteroatoms. The van der Waals surface area contributed by atoms with Crippen LogP contribution in [0.15, 0.2) is 24.4 Å². The lowest BCUT2D eigenvalue weighted by Crippen LogP contribution is -2.43. The second kappa shape index (κ2) is 2.75. The van der Waals surface area contributed by atoms with Gasteiger partial charge in [-0.25, -0.2) is 0 Å². The molecule has 60 valence electrons. The molecule has 0 aromatic rings. The first-order chi connectivity index (χ1) is 5.12. The standard InChI is InChI=1S/C7H9NO3/c9-6(10)5-7(11)3-1-2-4-8-7/h1-4,8,11H,5H2,(H,9,10). The number of rotatable bonds is 2. The molecule has 0 bridgehead atoms. The fourth-order valence-electron chi connectivity index (χ4n) is 0.851. The van der Waals surface area contributed by atoms with E-state index in [-0.39, 0.29) is 6.42 Å². The molecule has 0 amide bonds. The number of hydrogen-bond donors (Lipinski definition) is 3. The summed E-state index contributed by atoms with van der Waals surface area (Å²) < 4.78 is 0. The van der Waals surface area contributed by atoms with Crippen molar-refractivity contribution in [1.29, 1.82) is 0 Å². The van der Waals surface area contributed by atoms with Crippen LogP contribution in [0.4, 0.5) is 0 Å². The second-order valence-corrected chi connectivity index (χ2v) is 2.36. The van der Waals surface area contributed by atoms with Crippen molar-refractivity contribution in [3.05, 3.63) is 24.4 Å². The maximum Gasteiger partial charge on any atom is 0.308 e. The normalized spacial score (nSPS) is 28.1. The zero-order valence-corrected chi connectivity index (χ0v) is 5.82. The number of carboxylic acid groups (broad SMARTS) is 1. The smallest absolute Gasteiger partial charge is 0.308 e. The minimum absolute atomic E-state index is 0.339. The third kappa shape index (κ3) is 2.09. The summed E-state index contributed by atoms with van der Waals surface area (Å²) in [5.74, 6) is -1.04. The van der Waals surface area contributed by atoms with Crippen molar-refractivity contribution in [2.75, 3.05) is 0 Å². The van der Waals surface area contributed by atoms with Crippen LogP contribution in [0.3, 0.4) is 0 Å². The Balaban J connectivity index is 2.61. The summed E-state index contributed by atoms with van der Waals surface area (Å²) in [7, 11) is 0. The van der Waals surface area contributed by atoms with Crippen LogP contribution >= 0.6 is 0 Å². The van der Waals surface area contributed by atoms with Crippen LogP contribution in [0.25, 0.3) is 0 Å². The highest BCUT2D eigenvalue weighted by Gasteiger charge is 2.25. The number of nitrogens with one attached hydrogen (secondary N) is 1. The van der Waals surface area contributed by atoms with Crippen molar-refractivity contribution in [3.8, 4) is 0 Å². The highest BCUT2D eigenvalue weighted by molar-refractivity contribution is 5.68. The third-order valence-electron chi connectivity index (χ3n) is 1.33. The van der Waals surface area contributed by atoms with Gasteiger partial charge in [0.1, 0.15) is 0 Å². The molecule has 0 aromatic heterocycles. The molecule has 0 saturated heterocycles. The maximum atomic E-state index is 10.2. The van der Waals surface area contributed by atoms with Gasteiger partial charge in [-0.3, -0.25) is 4.79 Å². The topological polar surface area (TPSA) is 69.6 Å². The lowest BCUT2D eigenvalue weighted by molar-refractivity contribution is -0.141. The van der Waals surface area contributed by atoms with Gasteiger partial charge < -0.3 is 15.5 Å². The molecule has 1 aliphatic heterocycles. The van der Waals surface area contributed by atoms with Crippen molar-refractivity contribution >= 4 is 5.97 Å². The van der Waals surface area contributed by atoms with Gasteiger partial charge in [0, 0.05) is 0 Å². The molecule has 0 aromatic carbocycles. The van der Waals surface area contributed by atoms with Gasteiger partial charge in [-0.05, 0) is 18.4 Å². The average Bonchev–Trinajstić information content (AvgIpc) is 1.85. The highest BCUT2D eigenvalue weighted by atomic mass is 16.4. The van der Waals surface area contributed by atoms with E-state index in [1.807, 2.05) is 0 Å². The lowest BCUT2D eigenvalue weighted by atomic mass is 10.1. The Morgan fingerprint density at radius 1 is 1.55 bits per heavy atom. The van der Waals surface area contributed by atoms with E-state index in [0.29, 0.717) is 0 Å². The van der Waals surface area contributed by atoms with E-state index in [4.69, 9.17) is 5.11 Å². The van der Waals surface area contributed by atoms with E-state index in [1.54, 1.807) is 12.2 Å². The molecule has 0 radical (unpaired) electrons. The molecule has 1 aliphatic rings. The monoisotopic (exact) mass is 155 g/mol. The van der Waals surface area contributed by atoms with Gasteiger partial charge in [0.15, 0.2) is 5.72 Å². The first-order valence-corrected chi connectivity index (χ1v) is 3.19. The Bertz CT molecular complexity index is 222. The summed E-state index contributed by atoms with van der Waals surface area (Å²) in [6, 6.07) is 0. The molecule has 0 saturated carbocycles. The van der Waals surface area contributed by atoms with Gasteiger partial charge in [0.05, 0.1) is 6.42 Å². The number of carbonyl (C=O) groups is 1. The zero-order valence-electron chi connectivity index (χ0n) is 5.82. The molecule has 0 aliphatic carbocycles. The van der Waals surface area contributed by atoms with Crippen molar-refractivity contribution in [1.82, 2.24) is 5.32 Å². The van der Waals surface area contributed by atoms with E-state index in [1.165, 1.54) is 12.3 Å². The average molecular weight is 155 g/mol. The van der Waals surface area contributed by atoms with E-state index >= 15 is 0 Å². The van der Waals surface area contributed by atoms with Gasteiger partial charge in [-0.15, -0.1) is 0 Å². The lowest BCUT2D eigenvalue weighted by Gasteiger charge is -2.24. The van der Waals surface area contributed by atoms with E-state index in [2.05, 4.69) is 5.32 Å². The van der Waals surface area contributed by atoms with Crippen LogP contribution in [-0.4, -0.2) is 21.9 Å². The van der Waals surface area contributed by atoms with E-state index in [9.17, 15) is 9.90 Å². The molecule has 0 spiro atoms. The number of aliphatic hydroxyl groups is 1. The quantitative estimate of drug-likeness (QED) is 0.517. The third-order valence-corrected chi connectivity index (χ3v) is 1.33. The molecule has 1 unspecified atom stereocenters. The summed E-state index contributed by atoms with van der Waals surface area (Å²) >= 11 is 0. The molecule has 1 heterocycles. The zero-order chi connectivity index (χ0) is 8.32. The summed E-state index contributed by atoms with van der Waals surface area (Å²) in [6.45, 7) is 0. The van der Waals surface area contributed by atoms with Gasteiger partial charge >= 0.3 is 5.97 Å². The Hall–Kier alpha value is -1.29. The summed E-state index contributed by atoms with van der Waals surface area (Å²) in [5.41, 5.74) is -1.42. The predicted octanol–water partition coefficient (Wildman–Crippen LogP) is -0.177. The number of carboxylic acids is 1. The molecule has 1 rings (SSSR count). The molecule has 11 heavy (non-hydrogen) atoms. The Kier molecular flexibility index (Phi) is 1.96. The van der Waals surface area contributed by atoms with E-state index in [0.717, 1.165) is 0 Å².